The van der Waals surface area contributed by atoms with Gasteiger partial charge in [-0.05, 0) is 51.7 Å². The maximum Gasteiger partial charge on any atom is 0.141 e. The maximum atomic E-state index is 13.1. The molecule has 0 aliphatic heterocycles. The van der Waals surface area contributed by atoms with Crippen molar-refractivity contribution in [3.05, 3.63) is 63.1 Å². The molecule has 2 rings (SSSR count). The average molecular weight is 345 g/mol. The second kappa shape index (κ2) is 6.43. The molecule has 100 valence electrons. The van der Waals surface area contributed by atoms with Gasteiger partial charge in [-0.2, -0.15) is 0 Å². The first-order chi connectivity index (χ1) is 9.10. The molecule has 19 heavy (non-hydrogen) atoms. The van der Waals surface area contributed by atoms with E-state index in [-0.39, 0.29) is 11.1 Å². The molecule has 0 fully saturated rings. The molecular weight excluding hydrogens is 333 g/mol. The van der Waals surface area contributed by atoms with E-state index in [4.69, 9.17) is 17.4 Å². The molecule has 1 aromatic heterocycles. The van der Waals surface area contributed by atoms with Crippen molar-refractivity contribution in [1.29, 1.82) is 0 Å². The molecule has 1 aromatic carbocycles. The molecule has 2 aromatic rings. The van der Waals surface area contributed by atoms with Gasteiger partial charge in [0.15, 0.2) is 0 Å². The normalized spacial score (nSPS) is 12.4. The Kier molecular flexibility index (Phi) is 4.87. The number of hydrogen-bond donors (Lipinski definition) is 2. The Labute approximate surface area is 124 Å². The number of benzene rings is 1. The number of rotatable bonds is 4. The molecule has 0 spiro atoms. The van der Waals surface area contributed by atoms with E-state index in [1.165, 1.54) is 6.07 Å². The predicted octanol–water partition coefficient (Wildman–Crippen LogP) is 3.38. The molecule has 3 N–H and O–H groups in total. The van der Waals surface area contributed by atoms with Gasteiger partial charge in [-0.15, -0.1) is 0 Å². The fourth-order valence-electron chi connectivity index (χ4n) is 1.79. The van der Waals surface area contributed by atoms with E-state index < -0.39 is 5.82 Å². The molecule has 0 aliphatic carbocycles. The van der Waals surface area contributed by atoms with E-state index in [1.807, 2.05) is 6.07 Å². The Hall–Kier alpha value is -1.01. The van der Waals surface area contributed by atoms with Crippen LogP contribution in [0.5, 0.6) is 0 Å². The number of nitrogens with zero attached hydrogens (tertiary/aromatic N) is 1. The molecule has 0 radical (unpaired) electrons. The van der Waals surface area contributed by atoms with Crippen LogP contribution in [0.15, 0.2) is 41.1 Å². The van der Waals surface area contributed by atoms with E-state index in [0.29, 0.717) is 6.42 Å². The molecule has 3 nitrogen and oxygen atoms in total. The Morgan fingerprint density at radius 3 is 2.79 bits per heavy atom. The molecule has 6 heteroatoms. The number of nitrogens with one attached hydrogen (secondary N) is 1. The van der Waals surface area contributed by atoms with Crippen molar-refractivity contribution in [1.82, 2.24) is 10.4 Å². The van der Waals surface area contributed by atoms with Crippen molar-refractivity contribution >= 4 is 27.5 Å². The fraction of sp³-hybridized carbons (Fsp3) is 0.154. The highest BCUT2D eigenvalue weighted by Crippen LogP contribution is 2.23. The number of hydrazine groups is 1. The van der Waals surface area contributed by atoms with Crippen molar-refractivity contribution in [2.45, 2.75) is 12.5 Å². The van der Waals surface area contributed by atoms with E-state index >= 15 is 0 Å². The van der Waals surface area contributed by atoms with Crippen LogP contribution in [0.3, 0.4) is 0 Å². The lowest BCUT2D eigenvalue weighted by Gasteiger charge is -2.16. The molecular formula is C13H12BrClFN3. The number of pyridine rings is 1. The molecule has 0 saturated carbocycles. The summed E-state index contributed by atoms with van der Waals surface area (Å²) in [5.41, 5.74) is 4.57. The van der Waals surface area contributed by atoms with Gasteiger partial charge in [-0.25, -0.2) is 4.39 Å². The first kappa shape index (κ1) is 14.4. The number of aromatic nitrogens is 1. The van der Waals surface area contributed by atoms with E-state index in [9.17, 15) is 4.39 Å². The maximum absolute atomic E-state index is 13.1. The van der Waals surface area contributed by atoms with Crippen molar-refractivity contribution in [2.24, 2.45) is 5.84 Å². The smallest absolute Gasteiger partial charge is 0.141 e. The summed E-state index contributed by atoms with van der Waals surface area (Å²) in [5, 5.41) is 0.112. The minimum Gasteiger partial charge on any atom is -0.271 e. The van der Waals surface area contributed by atoms with Gasteiger partial charge in [0.25, 0.3) is 0 Å². The van der Waals surface area contributed by atoms with Gasteiger partial charge in [-0.3, -0.25) is 16.3 Å². The van der Waals surface area contributed by atoms with Crippen LogP contribution >= 0.6 is 27.5 Å². The third kappa shape index (κ3) is 3.73. The highest BCUT2D eigenvalue weighted by atomic mass is 79.9. The van der Waals surface area contributed by atoms with Gasteiger partial charge in [-0.1, -0.05) is 17.7 Å². The van der Waals surface area contributed by atoms with E-state index in [2.05, 4.69) is 26.3 Å². The quantitative estimate of drug-likeness (QED) is 0.660. The molecule has 0 saturated heterocycles. The lowest BCUT2D eigenvalue weighted by Crippen LogP contribution is -2.29. The third-order valence-corrected chi connectivity index (χ3v) is 3.48. The van der Waals surface area contributed by atoms with Crippen molar-refractivity contribution in [3.63, 3.8) is 0 Å². The van der Waals surface area contributed by atoms with Crippen molar-refractivity contribution in [3.8, 4) is 0 Å². The molecule has 0 amide bonds. The number of nitrogens with two attached hydrogens (primary N) is 1. The largest absolute Gasteiger partial charge is 0.271 e. The van der Waals surface area contributed by atoms with E-state index in [1.54, 1.807) is 24.5 Å². The molecule has 1 heterocycles. The zero-order valence-corrected chi connectivity index (χ0v) is 12.2. The van der Waals surface area contributed by atoms with Crippen LogP contribution in [0.25, 0.3) is 0 Å². The first-order valence-corrected chi connectivity index (χ1v) is 6.77. The molecule has 1 unspecified atom stereocenters. The summed E-state index contributed by atoms with van der Waals surface area (Å²) in [6, 6.07) is 6.46. The van der Waals surface area contributed by atoms with Crippen LogP contribution in [0.1, 0.15) is 17.2 Å². The number of hydrogen-bond acceptors (Lipinski definition) is 3. The van der Waals surface area contributed by atoms with Crippen LogP contribution < -0.4 is 11.3 Å². The van der Waals surface area contributed by atoms with Crippen LogP contribution in [-0.2, 0) is 6.42 Å². The minimum absolute atomic E-state index is 0.112. The van der Waals surface area contributed by atoms with Gasteiger partial charge in [0.1, 0.15) is 5.82 Å². The monoisotopic (exact) mass is 343 g/mol. The van der Waals surface area contributed by atoms with Crippen LogP contribution in [0.2, 0.25) is 5.02 Å². The first-order valence-electron chi connectivity index (χ1n) is 5.60. The van der Waals surface area contributed by atoms with Gasteiger partial charge >= 0.3 is 0 Å². The van der Waals surface area contributed by atoms with Crippen molar-refractivity contribution < 1.29 is 4.39 Å². The average Bonchev–Trinajstić information content (AvgIpc) is 2.40. The fourth-order valence-corrected chi connectivity index (χ4v) is 2.38. The van der Waals surface area contributed by atoms with Crippen LogP contribution in [0.4, 0.5) is 4.39 Å². The zero-order chi connectivity index (χ0) is 13.8. The summed E-state index contributed by atoms with van der Waals surface area (Å²) in [6.07, 6.45) is 4.03. The molecule has 0 aliphatic rings. The van der Waals surface area contributed by atoms with Gasteiger partial charge < -0.3 is 0 Å². The van der Waals surface area contributed by atoms with Gasteiger partial charge in [0.05, 0.1) is 11.1 Å². The lowest BCUT2D eigenvalue weighted by atomic mass is 10.0. The lowest BCUT2D eigenvalue weighted by molar-refractivity contribution is 0.549. The highest BCUT2D eigenvalue weighted by Gasteiger charge is 2.12. The Balaban J connectivity index is 2.21. The van der Waals surface area contributed by atoms with Crippen LogP contribution in [0, 0.1) is 5.82 Å². The second-order valence-corrected chi connectivity index (χ2v) is 5.43. The highest BCUT2D eigenvalue weighted by molar-refractivity contribution is 9.10. The van der Waals surface area contributed by atoms with Gasteiger partial charge in [0.2, 0.25) is 0 Å². The number of halogens is 3. The van der Waals surface area contributed by atoms with Gasteiger partial charge in [0, 0.05) is 16.9 Å². The summed E-state index contributed by atoms with van der Waals surface area (Å²) in [6.45, 7) is 0. The summed E-state index contributed by atoms with van der Waals surface area (Å²) in [5.74, 6) is 5.15. The summed E-state index contributed by atoms with van der Waals surface area (Å²) in [4.78, 5) is 4.10. The third-order valence-electron chi connectivity index (χ3n) is 2.75. The standard InChI is InChI=1S/C13H12BrClFN3/c14-10-5-9(6-18-7-10)13(19-17)4-8-1-2-12(16)11(15)3-8/h1-3,5-7,13,19H,4,17H2. The Morgan fingerprint density at radius 2 is 2.16 bits per heavy atom. The zero-order valence-electron chi connectivity index (χ0n) is 9.91. The summed E-state index contributed by atoms with van der Waals surface area (Å²) >= 11 is 9.13. The minimum atomic E-state index is -0.424. The summed E-state index contributed by atoms with van der Waals surface area (Å²) < 4.78 is 14.0. The SMILES string of the molecule is NNC(Cc1ccc(F)c(Cl)c1)c1cncc(Br)c1. The Morgan fingerprint density at radius 1 is 1.37 bits per heavy atom. The van der Waals surface area contributed by atoms with Crippen molar-refractivity contribution in [2.75, 3.05) is 0 Å². The summed E-state index contributed by atoms with van der Waals surface area (Å²) in [7, 11) is 0. The Bertz CT molecular complexity index is 580. The van der Waals surface area contributed by atoms with Crippen LogP contribution in [-0.4, -0.2) is 4.98 Å². The molecule has 1 atom stereocenters. The predicted molar refractivity (Wildman–Crippen MR) is 77.1 cm³/mol. The second-order valence-electron chi connectivity index (χ2n) is 4.11. The van der Waals surface area contributed by atoms with E-state index in [0.717, 1.165) is 15.6 Å². The topological polar surface area (TPSA) is 50.9 Å². The molecule has 0 bridgehead atoms.